The van der Waals surface area contributed by atoms with E-state index in [9.17, 15) is 22.7 Å². The number of rotatable bonds is 6. The molecule has 0 bridgehead atoms. The second-order valence-electron chi connectivity index (χ2n) is 7.14. The van der Waals surface area contributed by atoms with Crippen LogP contribution in [0.15, 0.2) is 42.5 Å². The number of nitrogens with one attached hydrogen (secondary N) is 1. The largest absolute Gasteiger partial charge is 0.494 e. The topological polar surface area (TPSA) is 78.2 Å². The highest BCUT2D eigenvalue weighted by Gasteiger charge is 2.59. The molecule has 2 N–H and O–H groups in total. The Labute approximate surface area is 186 Å². The van der Waals surface area contributed by atoms with Crippen LogP contribution in [0.2, 0.25) is 5.02 Å². The first-order valence-electron chi connectivity index (χ1n) is 9.34. The Morgan fingerprint density at radius 3 is 2.56 bits per heavy atom. The van der Waals surface area contributed by atoms with E-state index in [0.29, 0.717) is 16.6 Å². The lowest BCUT2D eigenvalue weighted by molar-refractivity contribution is -0.264. The van der Waals surface area contributed by atoms with Crippen molar-refractivity contribution in [1.82, 2.24) is 4.98 Å². The standard InChI is InChI=1S/C22H18ClF4N3O2/c1-12-6-7-13-15(29-12)4-3-5-16(13)30-20(21(31,10-11-28)22(25,26)27)14-8-9-17(32-2)19(24)18(14)23/h3-9,20,30-31H,10H2,1-2H3/t20-,21+/m0/s1. The number of alkyl halides is 3. The molecule has 0 spiro atoms. The highest BCUT2D eigenvalue weighted by molar-refractivity contribution is 6.31. The van der Waals surface area contributed by atoms with Crippen molar-refractivity contribution in [2.24, 2.45) is 0 Å². The van der Waals surface area contributed by atoms with Gasteiger partial charge in [0.15, 0.2) is 17.2 Å². The Hall–Kier alpha value is -3.09. The molecule has 0 fully saturated rings. The molecule has 10 heteroatoms. The van der Waals surface area contributed by atoms with Crippen molar-refractivity contribution in [3.8, 4) is 11.8 Å². The number of nitriles is 1. The van der Waals surface area contributed by atoms with Crippen LogP contribution >= 0.6 is 11.6 Å². The molecule has 0 amide bonds. The maximum atomic E-state index is 14.6. The summed E-state index contributed by atoms with van der Waals surface area (Å²) in [5.41, 5.74) is -2.60. The van der Waals surface area contributed by atoms with Crippen molar-refractivity contribution in [2.45, 2.75) is 31.2 Å². The van der Waals surface area contributed by atoms with E-state index in [-0.39, 0.29) is 11.4 Å². The van der Waals surface area contributed by atoms with Crippen LogP contribution < -0.4 is 10.1 Å². The third kappa shape index (κ3) is 4.16. The van der Waals surface area contributed by atoms with Crippen molar-refractivity contribution in [3.05, 3.63) is 64.6 Å². The maximum absolute atomic E-state index is 14.6. The Balaban J connectivity index is 2.25. The fourth-order valence-electron chi connectivity index (χ4n) is 3.41. The fourth-order valence-corrected chi connectivity index (χ4v) is 3.67. The van der Waals surface area contributed by atoms with Crippen LogP contribution in [-0.4, -0.2) is 29.0 Å². The Bertz CT molecular complexity index is 1200. The van der Waals surface area contributed by atoms with Gasteiger partial charge in [-0.3, -0.25) is 4.98 Å². The van der Waals surface area contributed by atoms with Crippen LogP contribution in [-0.2, 0) is 0 Å². The number of aliphatic hydroxyl groups is 1. The fraction of sp³-hybridized carbons (Fsp3) is 0.273. The Morgan fingerprint density at radius 2 is 1.94 bits per heavy atom. The lowest BCUT2D eigenvalue weighted by Crippen LogP contribution is -2.52. The van der Waals surface area contributed by atoms with Crippen LogP contribution in [0.5, 0.6) is 5.75 Å². The van der Waals surface area contributed by atoms with Crippen LogP contribution in [0.25, 0.3) is 10.9 Å². The maximum Gasteiger partial charge on any atom is 0.420 e. The van der Waals surface area contributed by atoms with Gasteiger partial charge >= 0.3 is 6.18 Å². The minimum absolute atomic E-state index is 0.188. The number of anilines is 1. The summed E-state index contributed by atoms with van der Waals surface area (Å²) in [6.07, 6.45) is -6.57. The summed E-state index contributed by atoms with van der Waals surface area (Å²) in [6.45, 7) is 1.76. The van der Waals surface area contributed by atoms with Gasteiger partial charge in [0.25, 0.3) is 0 Å². The van der Waals surface area contributed by atoms with Gasteiger partial charge in [0.2, 0.25) is 0 Å². The average molecular weight is 468 g/mol. The van der Waals surface area contributed by atoms with Crippen molar-refractivity contribution in [3.63, 3.8) is 0 Å². The summed E-state index contributed by atoms with van der Waals surface area (Å²) in [5, 5.41) is 22.2. The van der Waals surface area contributed by atoms with Gasteiger partial charge in [-0.2, -0.15) is 18.4 Å². The lowest BCUT2D eigenvalue weighted by atomic mass is 9.84. The van der Waals surface area contributed by atoms with Crippen LogP contribution in [0, 0.1) is 24.1 Å². The monoisotopic (exact) mass is 467 g/mol. The number of nitrogens with zero attached hydrogens (tertiary/aromatic N) is 2. The molecule has 32 heavy (non-hydrogen) atoms. The van der Waals surface area contributed by atoms with Gasteiger partial charge in [0.1, 0.15) is 0 Å². The second-order valence-corrected chi connectivity index (χ2v) is 7.52. The summed E-state index contributed by atoms with van der Waals surface area (Å²) >= 11 is 6.06. The van der Waals surface area contributed by atoms with Gasteiger partial charge in [-0.05, 0) is 42.8 Å². The molecular weight excluding hydrogens is 450 g/mol. The first kappa shape index (κ1) is 23.6. The average Bonchev–Trinajstić information content (AvgIpc) is 2.73. The third-order valence-corrected chi connectivity index (χ3v) is 5.48. The third-order valence-electron chi connectivity index (χ3n) is 5.10. The first-order valence-corrected chi connectivity index (χ1v) is 9.72. The van der Waals surface area contributed by atoms with Crippen molar-refractivity contribution in [2.75, 3.05) is 12.4 Å². The molecule has 1 heterocycles. The normalized spacial score (nSPS) is 14.5. The number of aryl methyl sites for hydroxylation is 1. The molecule has 1 aromatic heterocycles. The molecule has 0 unspecified atom stereocenters. The first-order chi connectivity index (χ1) is 15.0. The van der Waals surface area contributed by atoms with Crippen LogP contribution in [0.1, 0.15) is 23.7 Å². The zero-order valence-electron chi connectivity index (χ0n) is 17.0. The summed E-state index contributed by atoms with van der Waals surface area (Å²) in [7, 11) is 1.18. The molecule has 2 aromatic carbocycles. The van der Waals surface area contributed by atoms with E-state index in [2.05, 4.69) is 10.3 Å². The summed E-state index contributed by atoms with van der Waals surface area (Å²) < 4.78 is 61.6. The quantitative estimate of drug-likeness (QED) is 0.454. The van der Waals surface area contributed by atoms with Gasteiger partial charge in [-0.15, -0.1) is 0 Å². The molecular formula is C22H18ClF4N3O2. The number of halogens is 5. The summed E-state index contributed by atoms with van der Waals surface area (Å²) in [5.74, 6) is -1.37. The molecule has 168 valence electrons. The minimum Gasteiger partial charge on any atom is -0.494 e. The van der Waals surface area contributed by atoms with Gasteiger partial charge < -0.3 is 15.2 Å². The number of methoxy groups -OCH3 is 1. The van der Waals surface area contributed by atoms with Gasteiger partial charge in [-0.25, -0.2) is 4.39 Å². The Kier molecular flexibility index (Phi) is 6.49. The SMILES string of the molecule is COc1ccc([C@H](Nc2cccc3nc(C)ccc23)[C@](O)(CC#N)C(F)(F)F)c(Cl)c1F. The zero-order valence-corrected chi connectivity index (χ0v) is 17.7. The van der Waals surface area contributed by atoms with Gasteiger partial charge in [0, 0.05) is 16.8 Å². The van der Waals surface area contributed by atoms with Crippen LogP contribution in [0.4, 0.5) is 23.2 Å². The molecule has 3 aromatic rings. The predicted molar refractivity (Wildman–Crippen MR) is 112 cm³/mol. The van der Waals surface area contributed by atoms with E-state index >= 15 is 0 Å². The van der Waals surface area contributed by atoms with Gasteiger partial charge in [0.05, 0.1) is 36.2 Å². The van der Waals surface area contributed by atoms with Gasteiger partial charge in [-0.1, -0.05) is 23.7 Å². The highest BCUT2D eigenvalue weighted by atomic mass is 35.5. The number of benzene rings is 2. The molecule has 3 rings (SSSR count). The van der Waals surface area contributed by atoms with Crippen molar-refractivity contribution >= 4 is 28.2 Å². The van der Waals surface area contributed by atoms with E-state index in [4.69, 9.17) is 21.6 Å². The molecule has 2 atom stereocenters. The highest BCUT2D eigenvalue weighted by Crippen LogP contribution is 2.47. The van der Waals surface area contributed by atoms with E-state index in [0.717, 1.165) is 12.1 Å². The molecule has 0 radical (unpaired) electrons. The molecule has 0 saturated heterocycles. The van der Waals surface area contributed by atoms with E-state index in [1.807, 2.05) is 0 Å². The Morgan fingerprint density at radius 1 is 1.22 bits per heavy atom. The van der Waals surface area contributed by atoms with E-state index < -0.39 is 40.6 Å². The molecule has 0 aliphatic rings. The summed E-state index contributed by atoms with van der Waals surface area (Å²) in [4.78, 5) is 4.34. The minimum atomic E-state index is -5.25. The number of fused-ring (bicyclic) bond motifs is 1. The lowest BCUT2D eigenvalue weighted by Gasteiger charge is -2.38. The number of hydrogen-bond donors (Lipinski definition) is 2. The molecule has 0 saturated carbocycles. The molecule has 0 aliphatic heterocycles. The number of aromatic nitrogens is 1. The second kappa shape index (κ2) is 8.81. The number of ether oxygens (including phenoxy) is 1. The number of pyridine rings is 1. The summed E-state index contributed by atoms with van der Waals surface area (Å²) in [6, 6.07) is 9.62. The smallest absolute Gasteiger partial charge is 0.420 e. The van der Waals surface area contributed by atoms with Crippen LogP contribution in [0.3, 0.4) is 0 Å². The molecule has 5 nitrogen and oxygen atoms in total. The molecule has 0 aliphatic carbocycles. The van der Waals surface area contributed by atoms with Crippen molar-refractivity contribution < 1.29 is 27.4 Å². The predicted octanol–water partition coefficient (Wildman–Crippen LogP) is 5.70. The van der Waals surface area contributed by atoms with E-state index in [1.165, 1.54) is 19.2 Å². The zero-order chi connectivity index (χ0) is 23.7. The van der Waals surface area contributed by atoms with E-state index in [1.54, 1.807) is 31.2 Å². The van der Waals surface area contributed by atoms with Crippen molar-refractivity contribution in [1.29, 1.82) is 5.26 Å². The number of hydrogen-bond acceptors (Lipinski definition) is 5.